The molecule has 0 fully saturated rings. The molecule has 0 aliphatic rings. The Morgan fingerprint density at radius 2 is 1.71 bits per heavy atom. The van der Waals surface area contributed by atoms with Crippen LogP contribution in [0.25, 0.3) is 0 Å². The molecular formula is C16H28N2O2S. The normalized spacial score (nSPS) is 13.3. The minimum atomic E-state index is -3.47. The van der Waals surface area contributed by atoms with Gasteiger partial charge < -0.3 is 5.73 Å². The molecular weight excluding hydrogens is 284 g/mol. The quantitative estimate of drug-likeness (QED) is 0.652. The third-order valence-electron chi connectivity index (χ3n) is 3.59. The van der Waals surface area contributed by atoms with Gasteiger partial charge in [-0.3, -0.25) is 0 Å². The summed E-state index contributed by atoms with van der Waals surface area (Å²) < 4.78 is 27.3. The Morgan fingerprint density at radius 1 is 1.10 bits per heavy atom. The van der Waals surface area contributed by atoms with Crippen molar-refractivity contribution in [1.29, 1.82) is 0 Å². The summed E-state index contributed by atoms with van der Waals surface area (Å²) in [5.41, 5.74) is 6.74. The number of sulfonamides is 1. The van der Waals surface area contributed by atoms with Gasteiger partial charge in [-0.25, -0.2) is 13.1 Å². The largest absolute Gasteiger partial charge is 0.329 e. The zero-order chi connectivity index (χ0) is 15.7. The van der Waals surface area contributed by atoms with Gasteiger partial charge in [0.1, 0.15) is 0 Å². The molecule has 0 spiro atoms. The molecule has 0 aliphatic carbocycles. The molecule has 5 heteroatoms. The van der Waals surface area contributed by atoms with Crippen LogP contribution in [0.2, 0.25) is 0 Å². The molecule has 1 atom stereocenters. The summed E-state index contributed by atoms with van der Waals surface area (Å²) in [6.45, 7) is 4.44. The van der Waals surface area contributed by atoms with E-state index in [1.165, 1.54) is 19.3 Å². The van der Waals surface area contributed by atoms with Crippen molar-refractivity contribution >= 4 is 10.0 Å². The van der Waals surface area contributed by atoms with Gasteiger partial charge in [0.15, 0.2) is 0 Å². The van der Waals surface area contributed by atoms with E-state index in [0.29, 0.717) is 11.4 Å². The van der Waals surface area contributed by atoms with Gasteiger partial charge in [0.25, 0.3) is 0 Å². The van der Waals surface area contributed by atoms with Crippen LogP contribution in [-0.2, 0) is 10.0 Å². The topological polar surface area (TPSA) is 72.2 Å². The van der Waals surface area contributed by atoms with Gasteiger partial charge >= 0.3 is 0 Å². The van der Waals surface area contributed by atoms with Crippen LogP contribution in [0.5, 0.6) is 0 Å². The molecule has 1 rings (SSSR count). The van der Waals surface area contributed by atoms with Gasteiger partial charge in [-0.05, 0) is 25.5 Å². The van der Waals surface area contributed by atoms with E-state index in [4.69, 9.17) is 5.73 Å². The second kappa shape index (κ2) is 9.18. The lowest BCUT2D eigenvalue weighted by molar-refractivity contribution is 0.501. The number of aryl methyl sites for hydroxylation is 1. The monoisotopic (exact) mass is 312 g/mol. The maximum Gasteiger partial charge on any atom is 0.240 e. The molecule has 0 saturated carbocycles. The van der Waals surface area contributed by atoms with Crippen LogP contribution in [0.15, 0.2) is 29.2 Å². The first-order valence-electron chi connectivity index (χ1n) is 7.78. The van der Waals surface area contributed by atoms with Gasteiger partial charge in [-0.15, -0.1) is 0 Å². The maximum atomic E-state index is 12.3. The molecule has 0 heterocycles. The third kappa shape index (κ3) is 6.59. The van der Waals surface area contributed by atoms with Crippen molar-refractivity contribution in [1.82, 2.24) is 4.72 Å². The SMILES string of the molecule is CCCCCCCC(CN)NS(=O)(=O)c1ccc(C)cc1. The Balaban J connectivity index is 2.53. The summed E-state index contributed by atoms with van der Waals surface area (Å²) in [5.74, 6) is 0. The van der Waals surface area contributed by atoms with Crippen LogP contribution in [-0.4, -0.2) is 21.0 Å². The predicted molar refractivity (Wildman–Crippen MR) is 87.7 cm³/mol. The molecule has 0 amide bonds. The Hall–Kier alpha value is -0.910. The lowest BCUT2D eigenvalue weighted by atomic mass is 10.1. The van der Waals surface area contributed by atoms with E-state index in [-0.39, 0.29) is 6.04 Å². The van der Waals surface area contributed by atoms with Gasteiger partial charge in [-0.2, -0.15) is 0 Å². The van der Waals surface area contributed by atoms with Crippen LogP contribution in [0.4, 0.5) is 0 Å². The molecule has 3 N–H and O–H groups in total. The highest BCUT2D eigenvalue weighted by molar-refractivity contribution is 7.89. The first-order chi connectivity index (χ1) is 9.99. The van der Waals surface area contributed by atoms with E-state index in [0.717, 1.165) is 24.8 Å². The van der Waals surface area contributed by atoms with E-state index in [1.807, 2.05) is 6.92 Å². The zero-order valence-corrected chi connectivity index (χ0v) is 14.0. The summed E-state index contributed by atoms with van der Waals surface area (Å²) in [6.07, 6.45) is 6.60. The molecule has 0 saturated heterocycles. The first kappa shape index (κ1) is 18.1. The van der Waals surface area contributed by atoms with Crippen LogP contribution in [0.3, 0.4) is 0 Å². The fraction of sp³-hybridized carbons (Fsp3) is 0.625. The molecule has 4 nitrogen and oxygen atoms in total. The Labute approximate surface area is 129 Å². The minimum Gasteiger partial charge on any atom is -0.329 e. The highest BCUT2D eigenvalue weighted by Crippen LogP contribution is 2.12. The fourth-order valence-corrected chi connectivity index (χ4v) is 3.51. The Morgan fingerprint density at radius 3 is 2.29 bits per heavy atom. The lowest BCUT2D eigenvalue weighted by Gasteiger charge is -2.17. The van der Waals surface area contributed by atoms with Crippen molar-refractivity contribution in [2.45, 2.75) is 63.3 Å². The molecule has 21 heavy (non-hydrogen) atoms. The van der Waals surface area contributed by atoms with E-state index in [1.54, 1.807) is 24.3 Å². The molecule has 120 valence electrons. The summed E-state index contributed by atoms with van der Waals surface area (Å²) in [6, 6.07) is 6.69. The number of rotatable bonds is 10. The molecule has 1 aromatic rings. The smallest absolute Gasteiger partial charge is 0.240 e. The summed E-state index contributed by atoms with van der Waals surface area (Å²) in [5, 5.41) is 0. The zero-order valence-electron chi connectivity index (χ0n) is 13.1. The number of nitrogens with two attached hydrogens (primary N) is 1. The van der Waals surface area contributed by atoms with Crippen LogP contribution in [0.1, 0.15) is 51.0 Å². The van der Waals surface area contributed by atoms with Crippen molar-refractivity contribution in [2.75, 3.05) is 6.54 Å². The molecule has 0 aromatic heterocycles. The summed E-state index contributed by atoms with van der Waals surface area (Å²) in [4.78, 5) is 0.303. The fourth-order valence-electron chi connectivity index (χ4n) is 2.22. The Kier molecular flexibility index (Phi) is 7.93. The van der Waals surface area contributed by atoms with E-state index in [2.05, 4.69) is 11.6 Å². The summed E-state index contributed by atoms with van der Waals surface area (Å²) in [7, 11) is -3.47. The van der Waals surface area contributed by atoms with Gasteiger partial charge in [-0.1, -0.05) is 56.7 Å². The van der Waals surface area contributed by atoms with Crippen molar-refractivity contribution in [3.8, 4) is 0 Å². The van der Waals surface area contributed by atoms with E-state index in [9.17, 15) is 8.42 Å². The minimum absolute atomic E-state index is 0.182. The molecule has 1 aromatic carbocycles. The molecule has 0 bridgehead atoms. The molecule has 0 radical (unpaired) electrons. The standard InChI is InChI=1S/C16H28N2O2S/c1-3-4-5-6-7-8-15(13-17)18-21(19,20)16-11-9-14(2)10-12-16/h9-12,15,18H,3-8,13,17H2,1-2H3. The van der Waals surface area contributed by atoms with Gasteiger partial charge in [0, 0.05) is 12.6 Å². The van der Waals surface area contributed by atoms with Crippen LogP contribution >= 0.6 is 0 Å². The number of unbranched alkanes of at least 4 members (excludes halogenated alkanes) is 4. The highest BCUT2D eigenvalue weighted by Gasteiger charge is 2.18. The number of hydrogen-bond donors (Lipinski definition) is 2. The average Bonchev–Trinajstić information content (AvgIpc) is 2.46. The lowest BCUT2D eigenvalue weighted by Crippen LogP contribution is -2.40. The first-order valence-corrected chi connectivity index (χ1v) is 9.27. The maximum absolute atomic E-state index is 12.3. The molecule has 1 unspecified atom stereocenters. The highest BCUT2D eigenvalue weighted by atomic mass is 32.2. The van der Waals surface area contributed by atoms with Crippen molar-refractivity contribution in [3.63, 3.8) is 0 Å². The van der Waals surface area contributed by atoms with Crippen molar-refractivity contribution < 1.29 is 8.42 Å². The second-order valence-corrected chi connectivity index (χ2v) is 7.28. The van der Waals surface area contributed by atoms with Crippen LogP contribution < -0.4 is 10.5 Å². The number of hydrogen-bond acceptors (Lipinski definition) is 3. The predicted octanol–water partition coefficient (Wildman–Crippen LogP) is 2.96. The Bertz CT molecular complexity index is 498. The molecule has 0 aliphatic heterocycles. The summed E-state index contributed by atoms with van der Waals surface area (Å²) >= 11 is 0. The van der Waals surface area contributed by atoms with Gasteiger partial charge in [0.05, 0.1) is 4.90 Å². The van der Waals surface area contributed by atoms with E-state index < -0.39 is 10.0 Å². The van der Waals surface area contributed by atoms with Crippen molar-refractivity contribution in [2.24, 2.45) is 5.73 Å². The van der Waals surface area contributed by atoms with Gasteiger partial charge in [0.2, 0.25) is 10.0 Å². The van der Waals surface area contributed by atoms with Crippen LogP contribution in [0, 0.1) is 6.92 Å². The third-order valence-corrected chi connectivity index (χ3v) is 5.13. The number of benzene rings is 1. The van der Waals surface area contributed by atoms with Crippen molar-refractivity contribution in [3.05, 3.63) is 29.8 Å². The second-order valence-electron chi connectivity index (χ2n) is 5.57. The average molecular weight is 312 g/mol. The number of nitrogens with one attached hydrogen (secondary N) is 1. The van der Waals surface area contributed by atoms with E-state index >= 15 is 0 Å².